The summed E-state index contributed by atoms with van der Waals surface area (Å²) < 4.78 is 7.92. The Bertz CT molecular complexity index is 3770. The first-order valence-electron chi connectivity index (χ1n) is 31.1. The van der Waals surface area contributed by atoms with E-state index in [4.69, 9.17) is 4.42 Å². The molecule has 4 heteroatoms. The molecule has 80 heavy (non-hydrogen) atoms. The third-order valence-electron chi connectivity index (χ3n) is 22.3. The van der Waals surface area contributed by atoms with E-state index in [2.05, 4.69) is 239 Å². The van der Waals surface area contributed by atoms with Gasteiger partial charge in [0.1, 0.15) is 5.58 Å². The third kappa shape index (κ3) is 7.84. The fourth-order valence-corrected chi connectivity index (χ4v) is 16.5. The Hall–Kier alpha value is -5.48. The van der Waals surface area contributed by atoms with Gasteiger partial charge in [0.15, 0.2) is 0 Å². The Morgan fingerprint density at radius 2 is 1.02 bits per heavy atom. The van der Waals surface area contributed by atoms with E-state index in [1.165, 1.54) is 143 Å². The average molecular weight is 1060 g/mol. The number of fused-ring (bicyclic) bond motifs is 10. The van der Waals surface area contributed by atoms with Gasteiger partial charge >= 0.3 is 0 Å². The topological polar surface area (TPSA) is 19.6 Å². The van der Waals surface area contributed by atoms with Gasteiger partial charge in [0.2, 0.25) is 0 Å². The van der Waals surface area contributed by atoms with E-state index in [9.17, 15) is 0 Å². The molecule has 0 amide bonds. The Morgan fingerprint density at radius 3 is 1.66 bits per heavy atom. The van der Waals surface area contributed by atoms with Crippen LogP contribution in [0.25, 0.3) is 22.1 Å². The maximum absolute atomic E-state index is 7.92. The van der Waals surface area contributed by atoms with E-state index in [1.807, 2.05) is 0 Å². The molecule has 5 aromatic carbocycles. The number of aryl methyl sites for hydroxylation is 1. The molecule has 7 aliphatic rings. The van der Waals surface area contributed by atoms with Crippen molar-refractivity contribution in [3.63, 3.8) is 0 Å². The Kier molecular flexibility index (Phi) is 11.3. The van der Waals surface area contributed by atoms with Gasteiger partial charge in [0.25, 0.3) is 6.71 Å². The van der Waals surface area contributed by atoms with Gasteiger partial charge in [-0.25, -0.2) is 0 Å². The zero-order valence-corrected chi connectivity index (χ0v) is 52.9. The molecule has 0 spiro atoms. The fraction of sp³-hybridized carbons (Fsp3) is 0.500. The van der Waals surface area contributed by atoms with Crippen molar-refractivity contribution in [2.75, 3.05) is 9.80 Å². The van der Waals surface area contributed by atoms with Crippen molar-refractivity contribution in [1.82, 2.24) is 0 Å². The van der Waals surface area contributed by atoms with Gasteiger partial charge in [-0.1, -0.05) is 180 Å². The van der Waals surface area contributed by atoms with E-state index in [0.29, 0.717) is 0 Å². The lowest BCUT2D eigenvalue weighted by molar-refractivity contribution is 0.273. The normalized spacial score (nSPS) is 22.8. The smallest absolute Gasteiger partial charge is 0.297 e. The maximum Gasteiger partial charge on any atom is 0.297 e. The quantitative estimate of drug-likeness (QED) is 0.164. The molecule has 5 aliphatic carbocycles. The molecule has 0 N–H and O–H groups in total. The molecule has 1 aromatic heterocycles. The van der Waals surface area contributed by atoms with Crippen LogP contribution in [0, 0.1) is 17.8 Å². The van der Waals surface area contributed by atoms with Crippen LogP contribution in [0.2, 0.25) is 0 Å². The van der Waals surface area contributed by atoms with Crippen molar-refractivity contribution in [2.24, 2.45) is 10.8 Å². The van der Waals surface area contributed by atoms with Gasteiger partial charge in [0.05, 0.1) is 17.0 Å². The molecule has 13 rings (SSSR count). The third-order valence-corrected chi connectivity index (χ3v) is 22.3. The van der Waals surface area contributed by atoms with Crippen LogP contribution in [0.4, 0.5) is 28.4 Å². The summed E-state index contributed by atoms with van der Waals surface area (Å²) in [5, 5.41) is 1.22. The van der Waals surface area contributed by atoms with Crippen LogP contribution in [0.5, 0.6) is 0 Å². The van der Waals surface area contributed by atoms with Crippen molar-refractivity contribution in [1.29, 1.82) is 0 Å². The minimum atomic E-state index is -0.138. The summed E-state index contributed by atoms with van der Waals surface area (Å²) in [5.74, 6) is 0. The minimum absolute atomic E-state index is 0.0152. The summed E-state index contributed by atoms with van der Waals surface area (Å²) >= 11 is 0. The molecule has 3 nitrogen and oxygen atoms in total. The first-order valence-corrected chi connectivity index (χ1v) is 31.1. The van der Waals surface area contributed by atoms with Crippen LogP contribution in [0.3, 0.4) is 0 Å². The van der Waals surface area contributed by atoms with Gasteiger partial charge in [-0.15, -0.1) is 0 Å². The summed E-state index contributed by atoms with van der Waals surface area (Å²) in [6.07, 6.45) is 17.9. The van der Waals surface area contributed by atoms with E-state index < -0.39 is 0 Å². The first-order chi connectivity index (χ1) is 37.1. The molecule has 0 saturated carbocycles. The Balaban J connectivity index is 1.18. The second-order valence-electron chi connectivity index (χ2n) is 32.8. The molecule has 0 fully saturated rings. The predicted octanol–water partition coefficient (Wildman–Crippen LogP) is 19.5. The summed E-state index contributed by atoms with van der Waals surface area (Å²) in [5.41, 5.74) is 29.9. The number of rotatable bonds is 3. The summed E-state index contributed by atoms with van der Waals surface area (Å²) in [6, 6.07) is 30.4. The number of anilines is 5. The average Bonchev–Trinajstić information content (AvgIpc) is 3.57. The zero-order valence-electron chi connectivity index (χ0n) is 52.9. The van der Waals surface area contributed by atoms with Gasteiger partial charge in [-0.2, -0.15) is 0 Å². The van der Waals surface area contributed by atoms with E-state index >= 15 is 0 Å². The molecule has 0 radical (unpaired) electrons. The molecule has 6 aromatic rings. The number of furan rings is 1. The highest BCUT2D eigenvalue weighted by molar-refractivity contribution is 7.00. The number of hydrogen-bond donors (Lipinski definition) is 0. The van der Waals surface area contributed by atoms with Gasteiger partial charge in [-0.05, 0) is 222 Å². The van der Waals surface area contributed by atoms with Crippen LogP contribution in [-0.2, 0) is 37.9 Å². The zero-order chi connectivity index (χ0) is 57.2. The van der Waals surface area contributed by atoms with Crippen molar-refractivity contribution in [2.45, 2.75) is 234 Å². The van der Waals surface area contributed by atoms with Crippen LogP contribution in [0.1, 0.15) is 234 Å². The lowest BCUT2D eigenvalue weighted by atomic mass is 9.35. The second-order valence-corrected chi connectivity index (χ2v) is 32.8. The van der Waals surface area contributed by atoms with Gasteiger partial charge in [-0.3, -0.25) is 0 Å². The number of hydrogen-bond acceptors (Lipinski definition) is 3. The molecule has 2 aliphatic heterocycles. The van der Waals surface area contributed by atoms with Crippen LogP contribution >= 0.6 is 0 Å². The Morgan fingerprint density at radius 1 is 0.487 bits per heavy atom. The van der Waals surface area contributed by atoms with E-state index in [1.54, 1.807) is 0 Å². The predicted molar refractivity (Wildman–Crippen MR) is 345 cm³/mol. The van der Waals surface area contributed by atoms with Gasteiger partial charge in [0, 0.05) is 40.1 Å². The van der Waals surface area contributed by atoms with Crippen molar-refractivity contribution >= 4 is 62.7 Å². The molecule has 3 heterocycles. The minimum Gasteiger partial charge on any atom is -0.468 e. The molecular formula is C76H93BN2O. The monoisotopic (exact) mass is 1060 g/mol. The molecule has 0 saturated heterocycles. The standard InChI is InChI=1S/C76H93BN2O/c1-45-38-60-64-61(39-45)79(59-29-25-47(68(2,3)4)41-49(59)46-24-26-52-54(40-46)72(11,12)32-31-70(52,7)8)65-50-43-56-57(75(17,18)35-34-74(56,15)16)44-62(50)80-67(65)77(64)58-28-27-53-63(76(19,20)37-36-71(53,9)10)66(58)78(60)48-22-21-23-51-55(42-48)73(13,14)33-30-69(51,5)6/h21,23-29,38-44H,22,30-37H2,1-20H3. The molecular weight excluding hydrogens is 968 g/mol. The first kappa shape index (κ1) is 53.8. The summed E-state index contributed by atoms with van der Waals surface area (Å²) in [7, 11) is 0. The van der Waals surface area contributed by atoms with E-state index in [-0.39, 0.29) is 55.4 Å². The summed E-state index contributed by atoms with van der Waals surface area (Å²) in [4.78, 5) is 5.54. The Labute approximate surface area is 482 Å². The summed E-state index contributed by atoms with van der Waals surface area (Å²) in [6.45, 7) is 49.1. The van der Waals surface area contributed by atoms with E-state index in [0.717, 1.165) is 43.3 Å². The molecule has 0 bridgehead atoms. The fourth-order valence-electron chi connectivity index (χ4n) is 16.5. The van der Waals surface area contributed by atoms with Crippen LogP contribution < -0.4 is 26.4 Å². The lowest BCUT2D eigenvalue weighted by Crippen LogP contribution is -2.62. The van der Waals surface area contributed by atoms with Crippen molar-refractivity contribution in [3.05, 3.63) is 152 Å². The number of allylic oxidation sites excluding steroid dienone is 5. The van der Waals surface area contributed by atoms with Crippen LogP contribution in [-0.4, -0.2) is 6.71 Å². The van der Waals surface area contributed by atoms with Crippen molar-refractivity contribution < 1.29 is 4.42 Å². The second kappa shape index (κ2) is 16.8. The largest absolute Gasteiger partial charge is 0.468 e. The van der Waals surface area contributed by atoms with Crippen molar-refractivity contribution in [3.8, 4) is 11.1 Å². The molecule has 0 atom stereocenters. The lowest BCUT2D eigenvalue weighted by Gasteiger charge is -2.49. The highest BCUT2D eigenvalue weighted by Crippen LogP contribution is 2.58. The molecule has 416 valence electrons. The maximum atomic E-state index is 7.92. The molecule has 0 unspecified atom stereocenters. The van der Waals surface area contributed by atoms with Crippen LogP contribution in [0.15, 0.2) is 112 Å². The number of nitrogens with zero attached hydrogens (tertiary/aromatic N) is 2. The van der Waals surface area contributed by atoms with Gasteiger partial charge < -0.3 is 14.2 Å². The highest BCUT2D eigenvalue weighted by atomic mass is 16.3. The number of benzene rings is 5. The highest BCUT2D eigenvalue weighted by Gasteiger charge is 2.52. The SMILES string of the molecule is Cc1cc2c3c(c1)N(c1ccc(C(C)(C)C)cc1-c1ccc4c(c1)C(C)(C)CCC4(C)C)c1c(oc4cc5c(cc14)C(C)(C)CCC5(C)C)B3c1ccc3c(c1N2C1=CC2=C(C=CC1)C(C)(C)CCC2(C)C)C(C)(C)CCC3(C)C.